The van der Waals surface area contributed by atoms with Crippen LogP contribution >= 0.6 is 12.2 Å². The zero-order valence-corrected chi connectivity index (χ0v) is 16.8. The minimum absolute atomic E-state index is 0.0578. The molecule has 1 aromatic heterocycles. The first kappa shape index (κ1) is 19.2. The average molecular weight is 377 g/mol. The van der Waals surface area contributed by atoms with Crippen LogP contribution in [0.1, 0.15) is 48.9 Å². The number of nitrogens with zero attached hydrogens (tertiary/aromatic N) is 2. The third-order valence-corrected chi connectivity index (χ3v) is 4.67. The Labute approximate surface area is 166 Å². The van der Waals surface area contributed by atoms with Gasteiger partial charge in [0.05, 0.1) is 11.4 Å². The molecule has 0 atom stereocenters. The maximum atomic E-state index is 12.5. The Balaban J connectivity index is 1.84. The number of aromatic nitrogens is 2. The summed E-state index contributed by atoms with van der Waals surface area (Å²) in [6.07, 6.45) is 0.816. The van der Waals surface area contributed by atoms with Gasteiger partial charge in [0.2, 0.25) is 0 Å². The summed E-state index contributed by atoms with van der Waals surface area (Å²) < 4.78 is 1.94. The Morgan fingerprint density at radius 3 is 2.19 bits per heavy atom. The molecule has 4 heteroatoms. The van der Waals surface area contributed by atoms with Crippen LogP contribution < -0.4 is 0 Å². The largest absolute Gasteiger partial charge is 0.294 e. The topological polar surface area (TPSA) is 34.9 Å². The van der Waals surface area contributed by atoms with E-state index in [1.165, 1.54) is 0 Å². The molecule has 0 radical (unpaired) electrons. The van der Waals surface area contributed by atoms with E-state index in [0.29, 0.717) is 12.0 Å². The summed E-state index contributed by atoms with van der Waals surface area (Å²) >= 11 is 5.56. The zero-order chi connectivity index (χ0) is 19.4. The SMILES string of the molecule is CC(C)(C)c1cc(CC(=S)CC(=O)c2ccccc2)n(-c2ccccc2)n1. The van der Waals surface area contributed by atoms with Gasteiger partial charge in [0.1, 0.15) is 0 Å². The van der Waals surface area contributed by atoms with Gasteiger partial charge < -0.3 is 0 Å². The van der Waals surface area contributed by atoms with Crippen LogP contribution in [0.5, 0.6) is 0 Å². The highest BCUT2D eigenvalue weighted by Gasteiger charge is 2.21. The molecule has 0 aliphatic carbocycles. The molecular weight excluding hydrogens is 352 g/mol. The number of hydrogen-bond acceptors (Lipinski definition) is 3. The lowest BCUT2D eigenvalue weighted by molar-refractivity contribution is 0.100. The molecule has 0 saturated heterocycles. The van der Waals surface area contributed by atoms with Crippen molar-refractivity contribution in [2.45, 2.75) is 39.0 Å². The van der Waals surface area contributed by atoms with Gasteiger partial charge >= 0.3 is 0 Å². The van der Waals surface area contributed by atoms with E-state index < -0.39 is 0 Å². The van der Waals surface area contributed by atoms with E-state index in [1.54, 1.807) is 0 Å². The van der Waals surface area contributed by atoms with E-state index in [0.717, 1.165) is 21.9 Å². The molecule has 3 rings (SSSR count). The van der Waals surface area contributed by atoms with Crippen LogP contribution in [0.25, 0.3) is 5.69 Å². The lowest BCUT2D eigenvalue weighted by Gasteiger charge is -2.14. The smallest absolute Gasteiger partial charge is 0.167 e. The quantitative estimate of drug-likeness (QED) is 0.429. The number of thiocarbonyl (C=S) groups is 1. The predicted molar refractivity (Wildman–Crippen MR) is 114 cm³/mol. The van der Waals surface area contributed by atoms with Crippen molar-refractivity contribution in [1.82, 2.24) is 9.78 Å². The number of Topliss-reactive ketones (excluding diaryl/α,β-unsaturated/α-hetero) is 1. The zero-order valence-electron chi connectivity index (χ0n) is 16.0. The number of ketones is 1. The standard InChI is InChI=1S/C23H24N2OS/c1-23(2,3)22-15-19(25(24-22)18-12-8-5-9-13-18)14-20(27)16-21(26)17-10-6-4-7-11-17/h4-13,15H,14,16H2,1-3H3. The highest BCUT2D eigenvalue weighted by atomic mass is 32.1. The van der Waals surface area contributed by atoms with Crippen LogP contribution in [0.15, 0.2) is 66.7 Å². The Morgan fingerprint density at radius 2 is 1.59 bits per heavy atom. The highest BCUT2D eigenvalue weighted by molar-refractivity contribution is 7.80. The van der Waals surface area contributed by atoms with E-state index in [9.17, 15) is 4.79 Å². The molecule has 0 amide bonds. The van der Waals surface area contributed by atoms with E-state index in [1.807, 2.05) is 65.3 Å². The fourth-order valence-corrected chi connectivity index (χ4v) is 3.15. The highest BCUT2D eigenvalue weighted by Crippen LogP contribution is 2.24. The molecule has 0 fully saturated rings. The minimum atomic E-state index is -0.0593. The predicted octanol–water partition coefficient (Wildman–Crippen LogP) is 5.36. The van der Waals surface area contributed by atoms with Crippen LogP contribution in [-0.2, 0) is 11.8 Å². The third kappa shape index (κ3) is 4.77. The number of hydrogen-bond donors (Lipinski definition) is 0. The van der Waals surface area contributed by atoms with Gasteiger partial charge in [-0.15, -0.1) is 0 Å². The number of benzene rings is 2. The van der Waals surface area contributed by atoms with E-state index in [4.69, 9.17) is 17.3 Å². The summed E-state index contributed by atoms with van der Waals surface area (Å²) in [4.78, 5) is 13.2. The molecule has 2 aromatic carbocycles. The number of carbonyl (C=O) groups excluding carboxylic acids is 1. The monoisotopic (exact) mass is 376 g/mol. The van der Waals surface area contributed by atoms with Crippen molar-refractivity contribution < 1.29 is 4.79 Å². The van der Waals surface area contributed by atoms with Gasteiger partial charge in [-0.05, 0) is 18.2 Å². The molecule has 0 spiro atoms. The molecule has 0 aliphatic rings. The molecule has 0 aliphatic heterocycles. The fourth-order valence-electron chi connectivity index (χ4n) is 2.87. The molecule has 3 nitrogen and oxygen atoms in total. The van der Waals surface area contributed by atoms with E-state index in [-0.39, 0.29) is 17.6 Å². The molecule has 0 bridgehead atoms. The Kier molecular flexibility index (Phi) is 5.66. The van der Waals surface area contributed by atoms with Gasteiger partial charge in [0.25, 0.3) is 0 Å². The van der Waals surface area contributed by atoms with Gasteiger partial charge in [-0.1, -0.05) is 81.5 Å². The van der Waals surface area contributed by atoms with Gasteiger partial charge in [-0.3, -0.25) is 4.79 Å². The van der Waals surface area contributed by atoms with Crippen molar-refractivity contribution in [3.63, 3.8) is 0 Å². The third-order valence-electron chi connectivity index (χ3n) is 4.38. The second kappa shape index (κ2) is 7.97. The van der Waals surface area contributed by atoms with Crippen LogP contribution in [0.3, 0.4) is 0 Å². The maximum absolute atomic E-state index is 12.5. The van der Waals surface area contributed by atoms with Crippen molar-refractivity contribution in [2.24, 2.45) is 0 Å². The second-order valence-electron chi connectivity index (χ2n) is 7.70. The molecular formula is C23H24N2OS. The van der Waals surface area contributed by atoms with Gasteiger partial charge in [-0.25, -0.2) is 4.68 Å². The summed E-state index contributed by atoms with van der Waals surface area (Å²) in [5, 5.41) is 4.81. The number of carbonyl (C=O) groups is 1. The molecule has 27 heavy (non-hydrogen) atoms. The number of para-hydroxylation sites is 1. The van der Waals surface area contributed by atoms with Crippen molar-refractivity contribution in [1.29, 1.82) is 0 Å². The molecule has 0 unspecified atom stereocenters. The summed E-state index contributed by atoms with van der Waals surface area (Å²) in [6, 6.07) is 21.4. The van der Waals surface area contributed by atoms with E-state index in [2.05, 4.69) is 26.8 Å². The Morgan fingerprint density at radius 1 is 1.00 bits per heavy atom. The summed E-state index contributed by atoms with van der Waals surface area (Å²) in [5.74, 6) is 0.0578. The first-order valence-electron chi connectivity index (χ1n) is 9.09. The lowest BCUT2D eigenvalue weighted by Crippen LogP contribution is -2.13. The van der Waals surface area contributed by atoms with Gasteiger partial charge in [0.15, 0.2) is 5.78 Å². The van der Waals surface area contributed by atoms with Crippen molar-refractivity contribution in [2.75, 3.05) is 0 Å². The average Bonchev–Trinajstić information content (AvgIpc) is 3.07. The molecule has 0 saturated carbocycles. The van der Waals surface area contributed by atoms with Gasteiger partial charge in [0, 0.05) is 34.4 Å². The lowest BCUT2D eigenvalue weighted by atomic mass is 9.92. The normalized spacial score (nSPS) is 11.4. The van der Waals surface area contributed by atoms with Crippen LogP contribution in [-0.4, -0.2) is 20.4 Å². The summed E-state index contributed by atoms with van der Waals surface area (Å²) in [7, 11) is 0. The maximum Gasteiger partial charge on any atom is 0.167 e. The fraction of sp³-hybridized carbons (Fsp3) is 0.261. The molecule has 138 valence electrons. The number of rotatable bonds is 6. The minimum Gasteiger partial charge on any atom is -0.294 e. The van der Waals surface area contributed by atoms with Gasteiger partial charge in [-0.2, -0.15) is 5.10 Å². The molecule has 3 aromatic rings. The molecule has 0 N–H and O–H groups in total. The Hall–Kier alpha value is -2.59. The van der Waals surface area contributed by atoms with Crippen LogP contribution in [0, 0.1) is 0 Å². The first-order valence-corrected chi connectivity index (χ1v) is 9.50. The summed E-state index contributed by atoms with van der Waals surface area (Å²) in [6.45, 7) is 6.43. The molecule has 1 heterocycles. The van der Waals surface area contributed by atoms with Crippen molar-refractivity contribution in [3.8, 4) is 5.69 Å². The van der Waals surface area contributed by atoms with Crippen molar-refractivity contribution in [3.05, 3.63) is 83.7 Å². The Bertz CT molecular complexity index is 938. The first-order chi connectivity index (χ1) is 12.8. The van der Waals surface area contributed by atoms with Crippen molar-refractivity contribution >= 4 is 22.9 Å². The van der Waals surface area contributed by atoms with Crippen LogP contribution in [0.2, 0.25) is 0 Å². The van der Waals surface area contributed by atoms with E-state index >= 15 is 0 Å². The van der Waals surface area contributed by atoms with Crippen LogP contribution in [0.4, 0.5) is 0 Å². The summed E-state index contributed by atoms with van der Waals surface area (Å²) in [5.41, 5.74) is 3.67. The second-order valence-corrected chi connectivity index (χ2v) is 8.28.